The molecule has 1 aliphatic heterocycles. The number of benzene rings is 2. The maximum atomic E-state index is 12.7. The number of nitrogens with one attached hydrogen (secondary N) is 1. The lowest BCUT2D eigenvalue weighted by Crippen LogP contribution is -2.41. The Morgan fingerprint density at radius 3 is 2.45 bits per heavy atom. The van der Waals surface area contributed by atoms with Gasteiger partial charge in [0.2, 0.25) is 15.9 Å². The first-order valence-electron chi connectivity index (χ1n) is 9.39. The van der Waals surface area contributed by atoms with Gasteiger partial charge in [-0.05, 0) is 50.1 Å². The molecule has 1 amide bonds. The molecular formula is C21H26N2O5S. The molecule has 29 heavy (non-hydrogen) atoms. The summed E-state index contributed by atoms with van der Waals surface area (Å²) in [6.45, 7) is 6.30. The monoisotopic (exact) mass is 418 g/mol. The fraction of sp³-hybridized carbons (Fsp3) is 0.381. The summed E-state index contributed by atoms with van der Waals surface area (Å²) in [7, 11) is -3.62. The average Bonchev–Trinajstić information content (AvgIpc) is 2.65. The van der Waals surface area contributed by atoms with E-state index in [-0.39, 0.29) is 12.6 Å². The smallest absolute Gasteiger partial charge is 0.241 e. The van der Waals surface area contributed by atoms with Gasteiger partial charge in [-0.2, -0.15) is 0 Å². The molecule has 1 N–H and O–H groups in total. The van der Waals surface area contributed by atoms with Crippen LogP contribution in [0.5, 0.6) is 11.5 Å². The minimum atomic E-state index is -3.62. The lowest BCUT2D eigenvalue weighted by atomic mass is 10.1. The third kappa shape index (κ3) is 5.00. The number of hydrogen-bond acceptors (Lipinski definition) is 5. The minimum absolute atomic E-state index is 0.294. The van der Waals surface area contributed by atoms with Crippen LogP contribution in [0.25, 0.3) is 0 Å². The van der Waals surface area contributed by atoms with Crippen LogP contribution >= 0.6 is 0 Å². The number of hydrogen-bond donors (Lipinski definition) is 1. The zero-order chi connectivity index (χ0) is 21.2. The normalized spacial score (nSPS) is 14.2. The topological polar surface area (TPSA) is 84.9 Å². The van der Waals surface area contributed by atoms with Crippen molar-refractivity contribution in [2.75, 3.05) is 30.3 Å². The first-order valence-corrected chi connectivity index (χ1v) is 11.2. The quantitative estimate of drug-likeness (QED) is 0.780. The molecule has 2 aromatic carbocycles. The molecule has 0 unspecified atom stereocenters. The Kier molecular flexibility index (Phi) is 6.02. The summed E-state index contributed by atoms with van der Waals surface area (Å²) in [5.74, 6) is 0.928. The highest BCUT2D eigenvalue weighted by molar-refractivity contribution is 7.92. The van der Waals surface area contributed by atoms with Gasteiger partial charge in [-0.3, -0.25) is 9.10 Å². The molecule has 1 aliphatic rings. The number of fused-ring (bicyclic) bond motifs is 1. The predicted molar refractivity (Wildman–Crippen MR) is 112 cm³/mol. The summed E-state index contributed by atoms with van der Waals surface area (Å²) in [6.07, 6.45) is 1.10. The molecule has 0 aliphatic carbocycles. The van der Waals surface area contributed by atoms with Gasteiger partial charge in [0.05, 0.1) is 18.0 Å². The summed E-state index contributed by atoms with van der Waals surface area (Å²) >= 11 is 0. The van der Waals surface area contributed by atoms with E-state index in [1.54, 1.807) is 6.07 Å². The number of rotatable bonds is 6. The van der Waals surface area contributed by atoms with E-state index in [2.05, 4.69) is 5.32 Å². The highest BCUT2D eigenvalue weighted by Crippen LogP contribution is 2.32. The van der Waals surface area contributed by atoms with Crippen molar-refractivity contribution in [3.63, 3.8) is 0 Å². The number of carbonyl (C=O) groups is 1. The molecule has 0 aromatic heterocycles. The Morgan fingerprint density at radius 2 is 1.79 bits per heavy atom. The Bertz CT molecular complexity index is 1020. The predicted octanol–water partition coefficient (Wildman–Crippen LogP) is 2.72. The molecule has 0 radical (unpaired) electrons. The van der Waals surface area contributed by atoms with Crippen LogP contribution < -0.4 is 19.1 Å². The summed E-state index contributed by atoms with van der Waals surface area (Å²) < 4.78 is 36.9. The van der Waals surface area contributed by atoms with Gasteiger partial charge in [-0.1, -0.05) is 23.8 Å². The molecule has 3 rings (SSSR count). The molecular weight excluding hydrogens is 392 g/mol. The van der Waals surface area contributed by atoms with Crippen LogP contribution in [0.4, 0.5) is 5.69 Å². The maximum Gasteiger partial charge on any atom is 0.241 e. The fourth-order valence-electron chi connectivity index (χ4n) is 3.30. The Hall–Kier alpha value is -2.74. The van der Waals surface area contributed by atoms with E-state index in [0.29, 0.717) is 30.4 Å². The van der Waals surface area contributed by atoms with E-state index < -0.39 is 15.9 Å². The molecule has 8 heteroatoms. The van der Waals surface area contributed by atoms with Gasteiger partial charge in [-0.25, -0.2) is 8.42 Å². The van der Waals surface area contributed by atoms with Crippen LogP contribution in [0.1, 0.15) is 29.7 Å². The van der Waals surface area contributed by atoms with Gasteiger partial charge in [0, 0.05) is 0 Å². The standard InChI is InChI=1S/C21H26N2O5S/c1-14-5-7-18(15(2)11-14)23(29(4,25)26)13-21(24)22-16(3)17-6-8-19-20(12-17)28-10-9-27-19/h5-8,11-12,16H,9-10,13H2,1-4H3,(H,22,24)/t16-/m1/s1. The molecule has 1 heterocycles. The second-order valence-corrected chi connectivity index (χ2v) is 9.16. The number of aryl methyl sites for hydroxylation is 2. The number of nitrogens with zero attached hydrogens (tertiary/aromatic N) is 1. The van der Waals surface area contributed by atoms with Crippen molar-refractivity contribution in [1.82, 2.24) is 5.32 Å². The van der Waals surface area contributed by atoms with Crippen molar-refractivity contribution in [3.8, 4) is 11.5 Å². The highest BCUT2D eigenvalue weighted by atomic mass is 32.2. The van der Waals surface area contributed by atoms with Gasteiger partial charge in [0.25, 0.3) is 0 Å². The average molecular weight is 419 g/mol. The molecule has 0 saturated carbocycles. The van der Waals surface area contributed by atoms with Crippen molar-refractivity contribution < 1.29 is 22.7 Å². The van der Waals surface area contributed by atoms with Crippen LogP contribution in [0.2, 0.25) is 0 Å². The van der Waals surface area contributed by atoms with Gasteiger partial charge in [0.15, 0.2) is 11.5 Å². The molecule has 7 nitrogen and oxygen atoms in total. The van der Waals surface area contributed by atoms with E-state index in [1.807, 2.05) is 51.1 Å². The van der Waals surface area contributed by atoms with Gasteiger partial charge in [-0.15, -0.1) is 0 Å². The third-order valence-electron chi connectivity index (χ3n) is 4.75. The number of anilines is 1. The number of amides is 1. The lowest BCUT2D eigenvalue weighted by Gasteiger charge is -2.25. The Morgan fingerprint density at radius 1 is 1.10 bits per heavy atom. The van der Waals surface area contributed by atoms with Gasteiger partial charge >= 0.3 is 0 Å². The van der Waals surface area contributed by atoms with Crippen LogP contribution in [0, 0.1) is 13.8 Å². The second-order valence-electron chi connectivity index (χ2n) is 7.25. The van der Waals surface area contributed by atoms with Crippen LogP contribution in [-0.2, 0) is 14.8 Å². The zero-order valence-corrected chi connectivity index (χ0v) is 17.9. The van der Waals surface area contributed by atoms with Gasteiger partial charge < -0.3 is 14.8 Å². The number of carbonyl (C=O) groups excluding carboxylic acids is 1. The van der Waals surface area contributed by atoms with Gasteiger partial charge in [0.1, 0.15) is 19.8 Å². The highest BCUT2D eigenvalue weighted by Gasteiger charge is 2.23. The molecule has 0 spiro atoms. The van der Waals surface area contributed by atoms with Crippen LogP contribution in [0.3, 0.4) is 0 Å². The van der Waals surface area contributed by atoms with Crippen LogP contribution in [-0.4, -0.2) is 40.3 Å². The van der Waals surface area contributed by atoms with Crippen molar-refractivity contribution in [3.05, 3.63) is 53.1 Å². The second kappa shape index (κ2) is 8.32. The van der Waals surface area contributed by atoms with Crippen molar-refractivity contribution >= 4 is 21.6 Å². The van der Waals surface area contributed by atoms with Crippen molar-refractivity contribution in [2.45, 2.75) is 26.8 Å². The van der Waals surface area contributed by atoms with Crippen LogP contribution in [0.15, 0.2) is 36.4 Å². The zero-order valence-electron chi connectivity index (χ0n) is 17.1. The molecule has 0 fully saturated rings. The first-order chi connectivity index (χ1) is 13.6. The van der Waals surface area contributed by atoms with E-state index in [4.69, 9.17) is 9.47 Å². The van der Waals surface area contributed by atoms with E-state index in [0.717, 1.165) is 27.3 Å². The fourth-order valence-corrected chi connectivity index (χ4v) is 4.21. The lowest BCUT2D eigenvalue weighted by molar-refractivity contribution is -0.120. The molecule has 156 valence electrons. The number of sulfonamides is 1. The summed E-state index contributed by atoms with van der Waals surface area (Å²) in [4.78, 5) is 12.7. The number of ether oxygens (including phenoxy) is 2. The summed E-state index contributed by atoms with van der Waals surface area (Å²) in [5.41, 5.74) is 3.17. The summed E-state index contributed by atoms with van der Waals surface area (Å²) in [6, 6.07) is 10.6. The van der Waals surface area contributed by atoms with Crippen molar-refractivity contribution in [1.29, 1.82) is 0 Å². The Labute approximate surface area is 171 Å². The van der Waals surface area contributed by atoms with E-state index in [1.165, 1.54) is 0 Å². The molecule has 2 aromatic rings. The Balaban J connectivity index is 1.75. The molecule has 0 saturated heterocycles. The van der Waals surface area contributed by atoms with E-state index >= 15 is 0 Å². The summed E-state index contributed by atoms with van der Waals surface area (Å²) in [5, 5.41) is 2.86. The SMILES string of the molecule is Cc1ccc(N(CC(=O)N[C@H](C)c2ccc3c(c2)OCCO3)S(C)(=O)=O)c(C)c1. The van der Waals surface area contributed by atoms with Crippen molar-refractivity contribution in [2.24, 2.45) is 0 Å². The first kappa shape index (κ1) is 21.0. The van der Waals surface area contributed by atoms with E-state index in [9.17, 15) is 13.2 Å². The minimum Gasteiger partial charge on any atom is -0.486 e. The molecule has 1 atom stereocenters. The maximum absolute atomic E-state index is 12.7. The largest absolute Gasteiger partial charge is 0.486 e. The third-order valence-corrected chi connectivity index (χ3v) is 5.88. The molecule has 0 bridgehead atoms.